The van der Waals surface area contributed by atoms with Crippen molar-refractivity contribution in [2.75, 3.05) is 0 Å². The summed E-state index contributed by atoms with van der Waals surface area (Å²) in [5.41, 5.74) is 12.6. The molecule has 1 aromatic heterocycles. The van der Waals surface area contributed by atoms with E-state index in [0.717, 1.165) is 45.4 Å². The van der Waals surface area contributed by atoms with Crippen molar-refractivity contribution in [3.8, 4) is 45.2 Å². The van der Waals surface area contributed by atoms with Gasteiger partial charge in [0.15, 0.2) is 0 Å². The number of nitrogens with zero attached hydrogens (tertiary/aromatic N) is 3. The predicted octanol–water partition coefficient (Wildman–Crippen LogP) is 9.32. The Morgan fingerprint density at radius 3 is 1.65 bits per heavy atom. The minimum Gasteiger partial charge on any atom is -0.446 e. The fraction of sp³-hybridized carbons (Fsp3) is 0.0750. The Labute approximate surface area is 267 Å². The molecule has 46 heavy (non-hydrogen) atoms. The first kappa shape index (κ1) is 27.5. The van der Waals surface area contributed by atoms with E-state index in [2.05, 4.69) is 118 Å². The van der Waals surface area contributed by atoms with E-state index in [-0.39, 0.29) is 6.23 Å². The van der Waals surface area contributed by atoms with Gasteiger partial charge in [0.05, 0.1) is 0 Å². The van der Waals surface area contributed by atoms with Gasteiger partial charge in [0, 0.05) is 28.2 Å². The van der Waals surface area contributed by atoms with Crippen LogP contribution in [-0.2, 0) is 4.74 Å². The molecule has 222 valence electrons. The molecule has 0 fully saturated rings. The second-order valence-electron chi connectivity index (χ2n) is 11.4. The second-order valence-corrected chi connectivity index (χ2v) is 11.4. The Bertz CT molecular complexity index is 2040. The fourth-order valence-corrected chi connectivity index (χ4v) is 5.81. The van der Waals surface area contributed by atoms with Crippen LogP contribution < -0.4 is 5.43 Å². The van der Waals surface area contributed by atoms with E-state index in [9.17, 15) is 0 Å². The first-order valence-corrected chi connectivity index (χ1v) is 15.4. The molecular weight excluding hydrogens is 568 g/mol. The van der Waals surface area contributed by atoms with Gasteiger partial charge in [-0.2, -0.15) is 0 Å². The van der Waals surface area contributed by atoms with Crippen molar-refractivity contribution in [3.05, 3.63) is 168 Å². The molecule has 5 aromatic carbocycles. The standard InChI is InChI=1S/C40H30N4O2/c1-3-7-27(8-4-1)29-11-19-33(20-12-29)37-41-43-39(45-37)35-23-15-31(16-24-35)32-17-25-36(26-18-32)40-44-42-38(46-40)34-21-13-30(14-22-34)28-9-5-2-6-10-28/h1-9,11-26,28,39,43H,10H2/t28-,39?/m0/s1. The van der Waals surface area contributed by atoms with Crippen LogP contribution >= 0.6 is 0 Å². The van der Waals surface area contributed by atoms with Crippen molar-refractivity contribution in [3.63, 3.8) is 0 Å². The Kier molecular flexibility index (Phi) is 7.29. The summed E-state index contributed by atoms with van der Waals surface area (Å²) >= 11 is 0. The van der Waals surface area contributed by atoms with Crippen LogP contribution in [-0.4, -0.2) is 16.1 Å². The Morgan fingerprint density at radius 2 is 1.04 bits per heavy atom. The summed E-state index contributed by atoms with van der Waals surface area (Å²) in [6, 6.07) is 43.4. The lowest BCUT2D eigenvalue weighted by Crippen LogP contribution is -2.12. The zero-order valence-electron chi connectivity index (χ0n) is 25.0. The van der Waals surface area contributed by atoms with Crippen LogP contribution in [0.25, 0.3) is 45.2 Å². The summed E-state index contributed by atoms with van der Waals surface area (Å²) < 4.78 is 12.2. The van der Waals surface area contributed by atoms with E-state index in [1.165, 1.54) is 11.1 Å². The average molecular weight is 599 g/mol. The fourth-order valence-electron chi connectivity index (χ4n) is 5.81. The molecule has 6 aromatic rings. The minimum atomic E-state index is -0.343. The van der Waals surface area contributed by atoms with Crippen LogP contribution in [0.1, 0.15) is 35.3 Å². The van der Waals surface area contributed by atoms with Crippen molar-refractivity contribution in [2.24, 2.45) is 5.10 Å². The van der Waals surface area contributed by atoms with Crippen molar-refractivity contribution < 1.29 is 9.15 Å². The molecule has 6 nitrogen and oxygen atoms in total. The highest BCUT2D eigenvalue weighted by atomic mass is 16.5. The van der Waals surface area contributed by atoms with E-state index >= 15 is 0 Å². The number of rotatable bonds is 7. The highest BCUT2D eigenvalue weighted by Gasteiger charge is 2.22. The number of hydrazone groups is 1. The molecule has 2 heterocycles. The first-order chi connectivity index (χ1) is 22.8. The molecule has 1 aliphatic carbocycles. The smallest absolute Gasteiger partial charge is 0.248 e. The summed E-state index contributed by atoms with van der Waals surface area (Å²) in [4.78, 5) is 0. The monoisotopic (exact) mass is 598 g/mol. The molecule has 0 saturated carbocycles. The molecule has 2 aliphatic rings. The zero-order valence-corrected chi connectivity index (χ0v) is 25.0. The Balaban J connectivity index is 0.901. The molecule has 0 radical (unpaired) electrons. The lowest BCUT2D eigenvalue weighted by molar-refractivity contribution is 0.192. The second kappa shape index (κ2) is 12.2. The topological polar surface area (TPSA) is 72.5 Å². The first-order valence-electron chi connectivity index (χ1n) is 15.4. The zero-order chi connectivity index (χ0) is 30.7. The van der Waals surface area contributed by atoms with Crippen molar-refractivity contribution in [2.45, 2.75) is 18.6 Å². The van der Waals surface area contributed by atoms with Crippen molar-refractivity contribution >= 4 is 5.90 Å². The summed E-state index contributed by atoms with van der Waals surface area (Å²) in [6.07, 6.45) is 9.31. The summed E-state index contributed by atoms with van der Waals surface area (Å²) in [6.45, 7) is 0. The molecule has 0 spiro atoms. The molecule has 0 amide bonds. The SMILES string of the molecule is C1=CC[C@@H](c2ccc(-c3nnc(-c4ccc(-c5ccc(C6NN=C(c7ccc(-c8ccccc8)cc7)O6)cc5)cc4)o3)cc2)C=C1. The average Bonchev–Trinajstić information content (AvgIpc) is 3.84. The van der Waals surface area contributed by atoms with Gasteiger partial charge in [-0.15, -0.1) is 15.3 Å². The molecule has 8 rings (SSSR count). The van der Waals surface area contributed by atoms with Gasteiger partial charge in [-0.1, -0.05) is 115 Å². The normalized spacial score (nSPS) is 16.9. The van der Waals surface area contributed by atoms with Crippen LogP contribution in [0.15, 0.2) is 161 Å². The maximum absolute atomic E-state index is 6.17. The van der Waals surface area contributed by atoms with Gasteiger partial charge < -0.3 is 9.15 Å². The van der Waals surface area contributed by atoms with Crippen molar-refractivity contribution in [1.82, 2.24) is 15.6 Å². The summed E-state index contributed by atoms with van der Waals surface area (Å²) in [5.74, 6) is 2.01. The van der Waals surface area contributed by atoms with Gasteiger partial charge in [-0.25, -0.2) is 0 Å². The highest BCUT2D eigenvalue weighted by molar-refractivity contribution is 5.95. The Hall–Kier alpha value is -6.01. The van der Waals surface area contributed by atoms with Gasteiger partial charge in [-0.05, 0) is 70.6 Å². The van der Waals surface area contributed by atoms with E-state index < -0.39 is 0 Å². The number of benzene rings is 5. The predicted molar refractivity (Wildman–Crippen MR) is 182 cm³/mol. The number of ether oxygens (including phenoxy) is 1. The van der Waals surface area contributed by atoms with Crippen LogP contribution in [0.2, 0.25) is 0 Å². The molecule has 1 unspecified atom stereocenters. The molecular formula is C40H30N4O2. The molecule has 2 atom stereocenters. The van der Waals surface area contributed by atoms with Gasteiger partial charge in [0.1, 0.15) is 0 Å². The minimum absolute atomic E-state index is 0.343. The van der Waals surface area contributed by atoms with E-state index in [1.54, 1.807) is 0 Å². The number of allylic oxidation sites excluding steroid dienone is 4. The van der Waals surface area contributed by atoms with Gasteiger partial charge in [0.25, 0.3) is 0 Å². The lowest BCUT2D eigenvalue weighted by Gasteiger charge is -2.13. The molecule has 0 bridgehead atoms. The highest BCUT2D eigenvalue weighted by Crippen LogP contribution is 2.31. The summed E-state index contributed by atoms with van der Waals surface area (Å²) in [7, 11) is 0. The van der Waals surface area contributed by atoms with E-state index in [1.807, 2.05) is 54.6 Å². The molecule has 1 N–H and O–H groups in total. The number of nitrogens with one attached hydrogen (secondary N) is 1. The van der Waals surface area contributed by atoms with Crippen molar-refractivity contribution in [1.29, 1.82) is 0 Å². The largest absolute Gasteiger partial charge is 0.446 e. The van der Waals surface area contributed by atoms with Crippen LogP contribution in [0, 0.1) is 0 Å². The maximum atomic E-state index is 6.17. The van der Waals surface area contributed by atoms with Gasteiger partial charge in [-0.3, -0.25) is 5.43 Å². The molecule has 1 aliphatic heterocycles. The van der Waals surface area contributed by atoms with Crippen LogP contribution in [0.4, 0.5) is 0 Å². The third kappa shape index (κ3) is 5.64. The summed E-state index contributed by atoms with van der Waals surface area (Å²) in [5, 5.41) is 13.1. The third-order valence-corrected chi connectivity index (χ3v) is 8.42. The van der Waals surface area contributed by atoms with Gasteiger partial charge in [0.2, 0.25) is 23.9 Å². The number of aromatic nitrogens is 2. The van der Waals surface area contributed by atoms with E-state index in [4.69, 9.17) is 9.15 Å². The molecule has 6 heteroatoms. The number of hydrogen-bond acceptors (Lipinski definition) is 6. The third-order valence-electron chi connectivity index (χ3n) is 8.42. The van der Waals surface area contributed by atoms with Gasteiger partial charge >= 0.3 is 0 Å². The number of hydrogen-bond donors (Lipinski definition) is 1. The quantitative estimate of drug-likeness (QED) is 0.198. The maximum Gasteiger partial charge on any atom is 0.248 e. The lowest BCUT2D eigenvalue weighted by atomic mass is 9.92. The molecule has 0 saturated heterocycles. The van der Waals surface area contributed by atoms with E-state index in [0.29, 0.717) is 23.6 Å². The Morgan fingerprint density at radius 1 is 0.522 bits per heavy atom. The van der Waals surface area contributed by atoms with Crippen LogP contribution in [0.5, 0.6) is 0 Å². The van der Waals surface area contributed by atoms with Crippen LogP contribution in [0.3, 0.4) is 0 Å².